The molecule has 2 fully saturated rings. The summed E-state index contributed by atoms with van der Waals surface area (Å²) in [5.74, 6) is -1.02. The number of hydrogen-bond donors (Lipinski definition) is 1. The van der Waals surface area contributed by atoms with Crippen LogP contribution >= 0.6 is 0 Å². The highest BCUT2D eigenvalue weighted by molar-refractivity contribution is 4.92. The monoisotopic (exact) mass is 189 g/mol. The van der Waals surface area contributed by atoms with Crippen LogP contribution in [0.25, 0.3) is 0 Å². The predicted molar refractivity (Wildman–Crippen MR) is 47.6 cm³/mol. The van der Waals surface area contributed by atoms with E-state index in [-0.39, 0.29) is 12.3 Å². The van der Waals surface area contributed by atoms with E-state index in [1.54, 1.807) is 0 Å². The molecule has 0 amide bonds. The lowest BCUT2D eigenvalue weighted by atomic mass is 9.84. The molecule has 0 saturated heterocycles. The van der Waals surface area contributed by atoms with E-state index in [4.69, 9.17) is 5.73 Å². The number of halogens is 2. The Balaban J connectivity index is 1.89. The molecule has 1 nitrogen and oxygen atoms in total. The van der Waals surface area contributed by atoms with Crippen molar-refractivity contribution in [2.45, 2.75) is 38.0 Å². The lowest BCUT2D eigenvalue weighted by Crippen LogP contribution is -2.31. The van der Waals surface area contributed by atoms with Crippen molar-refractivity contribution in [3.8, 4) is 0 Å². The van der Waals surface area contributed by atoms with Gasteiger partial charge in [0.15, 0.2) is 0 Å². The highest BCUT2D eigenvalue weighted by Crippen LogP contribution is 2.51. The average Bonchev–Trinajstić information content (AvgIpc) is 2.64. The van der Waals surface area contributed by atoms with E-state index in [1.807, 2.05) is 0 Å². The van der Waals surface area contributed by atoms with Crippen LogP contribution in [0.5, 0.6) is 0 Å². The smallest absolute Gasteiger partial charge is 0.260 e. The Morgan fingerprint density at radius 2 is 2.00 bits per heavy atom. The van der Waals surface area contributed by atoms with E-state index in [0.717, 1.165) is 12.3 Å². The van der Waals surface area contributed by atoms with Crippen LogP contribution in [0.2, 0.25) is 0 Å². The third kappa shape index (κ3) is 1.85. The van der Waals surface area contributed by atoms with Crippen molar-refractivity contribution in [3.05, 3.63) is 0 Å². The summed E-state index contributed by atoms with van der Waals surface area (Å²) in [5, 5.41) is 0. The van der Waals surface area contributed by atoms with Gasteiger partial charge in [-0.1, -0.05) is 6.42 Å². The van der Waals surface area contributed by atoms with E-state index in [9.17, 15) is 8.78 Å². The van der Waals surface area contributed by atoms with E-state index in [1.165, 1.54) is 19.3 Å². The molecule has 0 aliphatic heterocycles. The van der Waals surface area contributed by atoms with Crippen molar-refractivity contribution >= 4 is 0 Å². The molecule has 2 saturated carbocycles. The third-order valence-corrected chi connectivity index (χ3v) is 3.74. The van der Waals surface area contributed by atoms with E-state index >= 15 is 0 Å². The first-order valence-corrected chi connectivity index (χ1v) is 5.18. The van der Waals surface area contributed by atoms with Crippen LogP contribution in [0.3, 0.4) is 0 Å². The summed E-state index contributed by atoms with van der Waals surface area (Å²) in [5.41, 5.74) is 5.03. The van der Waals surface area contributed by atoms with Gasteiger partial charge in [-0.15, -0.1) is 0 Å². The molecule has 3 unspecified atom stereocenters. The molecule has 0 spiro atoms. The molecule has 13 heavy (non-hydrogen) atoms. The van der Waals surface area contributed by atoms with Crippen molar-refractivity contribution in [1.29, 1.82) is 0 Å². The van der Waals surface area contributed by atoms with E-state index in [2.05, 4.69) is 0 Å². The second-order valence-electron chi connectivity index (χ2n) is 4.70. The molecule has 3 heteroatoms. The van der Waals surface area contributed by atoms with Crippen LogP contribution < -0.4 is 5.73 Å². The van der Waals surface area contributed by atoms with Gasteiger partial charge in [-0.2, -0.15) is 0 Å². The molecular weight excluding hydrogens is 172 g/mol. The number of nitrogens with two attached hydrogens (primary N) is 1. The third-order valence-electron chi connectivity index (χ3n) is 3.74. The molecule has 0 radical (unpaired) electrons. The van der Waals surface area contributed by atoms with Crippen molar-refractivity contribution in [2.75, 3.05) is 6.54 Å². The number of alkyl halides is 2. The Morgan fingerprint density at radius 3 is 2.46 bits per heavy atom. The zero-order chi connectivity index (χ0) is 9.47. The Hall–Kier alpha value is -0.180. The zero-order valence-electron chi connectivity index (χ0n) is 7.81. The Kier molecular flexibility index (Phi) is 2.30. The molecule has 2 aliphatic rings. The normalized spacial score (nSPS) is 38.5. The van der Waals surface area contributed by atoms with Crippen LogP contribution in [0.4, 0.5) is 8.78 Å². The molecule has 76 valence electrons. The number of hydrogen-bond acceptors (Lipinski definition) is 1. The minimum atomic E-state index is -2.62. The molecule has 0 aromatic rings. The zero-order valence-corrected chi connectivity index (χ0v) is 7.81. The van der Waals surface area contributed by atoms with Gasteiger partial charge in [0, 0.05) is 6.42 Å². The average molecular weight is 189 g/mol. The summed E-state index contributed by atoms with van der Waals surface area (Å²) in [7, 11) is 0. The minimum absolute atomic E-state index is 0.0324. The van der Waals surface area contributed by atoms with Gasteiger partial charge >= 0.3 is 0 Å². The van der Waals surface area contributed by atoms with Crippen LogP contribution in [-0.2, 0) is 0 Å². The highest BCUT2D eigenvalue weighted by Gasteiger charge is 2.43. The van der Waals surface area contributed by atoms with E-state index < -0.39 is 12.5 Å². The van der Waals surface area contributed by atoms with Crippen LogP contribution in [0.1, 0.15) is 32.1 Å². The Bertz CT molecular complexity index is 193. The van der Waals surface area contributed by atoms with Crippen LogP contribution in [-0.4, -0.2) is 12.5 Å². The lowest BCUT2D eigenvalue weighted by molar-refractivity contribution is -0.0210. The highest BCUT2D eigenvalue weighted by atomic mass is 19.3. The molecule has 2 bridgehead atoms. The fourth-order valence-electron chi connectivity index (χ4n) is 3.09. The van der Waals surface area contributed by atoms with Gasteiger partial charge < -0.3 is 5.73 Å². The summed E-state index contributed by atoms with van der Waals surface area (Å²) in [6, 6.07) is 0. The first kappa shape index (κ1) is 9.38. The first-order chi connectivity index (χ1) is 6.11. The van der Waals surface area contributed by atoms with Gasteiger partial charge in [-0.25, -0.2) is 8.78 Å². The summed E-state index contributed by atoms with van der Waals surface area (Å²) in [4.78, 5) is 0. The minimum Gasteiger partial charge on any atom is -0.325 e. The summed E-state index contributed by atoms with van der Waals surface area (Å²) in [6.07, 6.45) is 4.71. The SMILES string of the molecule is NCC(F)(F)CC1CC2CCC1C2. The lowest BCUT2D eigenvalue weighted by Gasteiger charge is -2.25. The first-order valence-electron chi connectivity index (χ1n) is 5.18. The van der Waals surface area contributed by atoms with Crippen LogP contribution in [0.15, 0.2) is 0 Å². The molecule has 0 aromatic heterocycles. The van der Waals surface area contributed by atoms with Gasteiger partial charge in [0.05, 0.1) is 6.54 Å². The summed E-state index contributed by atoms with van der Waals surface area (Å²) < 4.78 is 26.0. The van der Waals surface area contributed by atoms with Crippen molar-refractivity contribution in [3.63, 3.8) is 0 Å². The van der Waals surface area contributed by atoms with Gasteiger partial charge in [-0.05, 0) is 37.0 Å². The van der Waals surface area contributed by atoms with E-state index in [0.29, 0.717) is 5.92 Å². The maximum atomic E-state index is 13.0. The molecule has 0 aromatic carbocycles. The fraction of sp³-hybridized carbons (Fsp3) is 1.00. The van der Waals surface area contributed by atoms with Crippen molar-refractivity contribution in [1.82, 2.24) is 0 Å². The Labute approximate surface area is 77.7 Å². The standard InChI is InChI=1S/C10H17F2N/c11-10(12,6-13)5-9-4-7-1-2-8(9)3-7/h7-9H,1-6,13H2. The Morgan fingerprint density at radius 1 is 1.23 bits per heavy atom. The summed E-state index contributed by atoms with van der Waals surface area (Å²) in [6.45, 7) is -0.485. The fourth-order valence-corrected chi connectivity index (χ4v) is 3.09. The van der Waals surface area contributed by atoms with Crippen molar-refractivity contribution < 1.29 is 8.78 Å². The quantitative estimate of drug-likeness (QED) is 0.725. The predicted octanol–water partition coefficient (Wildman–Crippen LogP) is 2.41. The van der Waals surface area contributed by atoms with Gasteiger partial charge in [0.1, 0.15) is 0 Å². The molecule has 3 atom stereocenters. The van der Waals surface area contributed by atoms with Crippen LogP contribution in [0, 0.1) is 17.8 Å². The van der Waals surface area contributed by atoms with Gasteiger partial charge in [0.2, 0.25) is 0 Å². The molecule has 2 aliphatic carbocycles. The maximum absolute atomic E-state index is 13.0. The summed E-state index contributed by atoms with van der Waals surface area (Å²) >= 11 is 0. The van der Waals surface area contributed by atoms with Crippen molar-refractivity contribution in [2.24, 2.45) is 23.5 Å². The second-order valence-corrected chi connectivity index (χ2v) is 4.70. The molecule has 2 rings (SSSR count). The molecule has 0 heterocycles. The topological polar surface area (TPSA) is 26.0 Å². The number of fused-ring (bicyclic) bond motifs is 2. The van der Waals surface area contributed by atoms with Gasteiger partial charge in [0.25, 0.3) is 5.92 Å². The molecular formula is C10H17F2N. The maximum Gasteiger partial charge on any atom is 0.260 e. The number of rotatable bonds is 3. The van der Waals surface area contributed by atoms with Gasteiger partial charge in [-0.3, -0.25) is 0 Å². The molecule has 2 N–H and O–H groups in total. The second kappa shape index (κ2) is 3.19. The largest absolute Gasteiger partial charge is 0.325 e.